The van der Waals surface area contributed by atoms with Gasteiger partial charge in [0, 0.05) is 12.1 Å². The Balaban J connectivity index is 1.46. The maximum atomic E-state index is 12.5. The van der Waals surface area contributed by atoms with Crippen LogP contribution >= 0.6 is 0 Å². The van der Waals surface area contributed by atoms with Gasteiger partial charge in [0.2, 0.25) is 5.78 Å². The van der Waals surface area contributed by atoms with Gasteiger partial charge in [-0.05, 0) is 48.9 Å². The molecule has 0 spiro atoms. The molecule has 0 radical (unpaired) electrons. The second-order valence-corrected chi connectivity index (χ2v) is 6.27. The van der Waals surface area contributed by atoms with E-state index in [1.807, 2.05) is 13.0 Å². The maximum Gasteiger partial charge on any atom is 0.232 e. The van der Waals surface area contributed by atoms with Crippen LogP contribution in [-0.4, -0.2) is 11.0 Å². The van der Waals surface area contributed by atoms with Gasteiger partial charge in [0.1, 0.15) is 29.6 Å². The molecule has 0 bridgehead atoms. The molecule has 2 aromatic carbocycles. The summed E-state index contributed by atoms with van der Waals surface area (Å²) in [5, 5.41) is 19.4. The average Bonchev–Trinajstić information content (AvgIpc) is 3.23. The molecule has 0 atom stereocenters. The van der Waals surface area contributed by atoms with E-state index in [0.717, 1.165) is 11.3 Å². The van der Waals surface area contributed by atoms with Crippen LogP contribution in [0.5, 0.6) is 11.5 Å². The van der Waals surface area contributed by atoms with Crippen molar-refractivity contribution in [3.8, 4) is 11.5 Å². The first-order chi connectivity index (χ1) is 13.5. The SMILES string of the molecule is Cc1ccc(C=C2Oc3cc(OCc4ccc(N([O-])O)cc4)ccc3C2=O)o1. The van der Waals surface area contributed by atoms with Crippen molar-refractivity contribution in [1.82, 2.24) is 0 Å². The van der Waals surface area contributed by atoms with Crippen LogP contribution in [0.15, 0.2) is 64.8 Å². The second kappa shape index (κ2) is 7.22. The first-order valence-electron chi connectivity index (χ1n) is 8.52. The van der Waals surface area contributed by atoms with Crippen molar-refractivity contribution in [2.75, 3.05) is 5.23 Å². The Labute approximate surface area is 160 Å². The van der Waals surface area contributed by atoms with Gasteiger partial charge in [0.05, 0.1) is 11.3 Å². The van der Waals surface area contributed by atoms with E-state index in [9.17, 15) is 10.0 Å². The quantitative estimate of drug-likeness (QED) is 0.517. The fraction of sp³-hybridized carbons (Fsp3) is 0.0952. The largest absolute Gasteiger partial charge is 0.733 e. The van der Waals surface area contributed by atoms with Gasteiger partial charge in [-0.2, -0.15) is 0 Å². The molecule has 3 aromatic rings. The molecule has 142 valence electrons. The number of benzene rings is 2. The summed E-state index contributed by atoms with van der Waals surface area (Å²) >= 11 is 0. The first kappa shape index (κ1) is 17.8. The molecule has 0 fully saturated rings. The molecule has 0 saturated carbocycles. The highest BCUT2D eigenvalue weighted by Crippen LogP contribution is 2.35. The Kier molecular flexibility index (Phi) is 4.60. The minimum Gasteiger partial charge on any atom is -0.733 e. The monoisotopic (exact) mass is 378 g/mol. The number of anilines is 1. The number of rotatable bonds is 5. The minimum atomic E-state index is -0.211. The number of carbonyl (C=O) groups excluding carboxylic acids is 1. The van der Waals surface area contributed by atoms with E-state index >= 15 is 0 Å². The minimum absolute atomic E-state index is 0.138. The van der Waals surface area contributed by atoms with Gasteiger partial charge in [-0.3, -0.25) is 10.0 Å². The number of fused-ring (bicyclic) bond motifs is 1. The highest BCUT2D eigenvalue weighted by atomic mass is 16.8. The molecule has 1 aliphatic rings. The molecule has 0 unspecified atom stereocenters. The van der Waals surface area contributed by atoms with Gasteiger partial charge < -0.3 is 24.3 Å². The number of allylic oxidation sites excluding steroid dienone is 1. The van der Waals surface area contributed by atoms with Crippen LogP contribution in [0.25, 0.3) is 6.08 Å². The molecule has 1 aliphatic heterocycles. The molecular formula is C21H16NO6-. The predicted octanol–water partition coefficient (Wildman–Crippen LogP) is 4.48. The number of nitrogens with zero attached hydrogens (tertiary/aromatic N) is 1. The fourth-order valence-corrected chi connectivity index (χ4v) is 2.80. The van der Waals surface area contributed by atoms with Crippen molar-refractivity contribution in [2.24, 2.45) is 0 Å². The smallest absolute Gasteiger partial charge is 0.232 e. The lowest BCUT2D eigenvalue weighted by molar-refractivity contribution is 0.101. The normalized spacial score (nSPS) is 14.1. The lowest BCUT2D eigenvalue weighted by Gasteiger charge is -2.21. The number of carbonyl (C=O) groups is 1. The predicted molar refractivity (Wildman–Crippen MR) is 101 cm³/mol. The van der Waals surface area contributed by atoms with Crippen molar-refractivity contribution in [2.45, 2.75) is 13.5 Å². The van der Waals surface area contributed by atoms with Crippen molar-refractivity contribution in [3.05, 3.63) is 88.2 Å². The van der Waals surface area contributed by atoms with E-state index in [1.54, 1.807) is 42.5 Å². The van der Waals surface area contributed by atoms with Crippen LogP contribution < -0.4 is 14.7 Å². The molecule has 0 saturated heterocycles. The summed E-state index contributed by atoms with van der Waals surface area (Å²) in [4.78, 5) is 12.5. The third-order valence-corrected chi connectivity index (χ3v) is 4.24. The molecule has 7 heteroatoms. The Hall–Kier alpha value is -3.55. The Morgan fingerprint density at radius 1 is 1.14 bits per heavy atom. The Bertz CT molecular complexity index is 1050. The van der Waals surface area contributed by atoms with Gasteiger partial charge >= 0.3 is 0 Å². The third-order valence-electron chi connectivity index (χ3n) is 4.24. The summed E-state index contributed by atoms with van der Waals surface area (Å²) < 4.78 is 16.9. The third kappa shape index (κ3) is 3.62. The molecule has 28 heavy (non-hydrogen) atoms. The number of ether oxygens (including phenoxy) is 2. The van der Waals surface area contributed by atoms with Crippen LogP contribution in [0.1, 0.15) is 27.4 Å². The summed E-state index contributed by atoms with van der Waals surface area (Å²) in [6, 6.07) is 14.9. The molecule has 1 aromatic heterocycles. The van der Waals surface area contributed by atoms with Crippen LogP contribution in [0.2, 0.25) is 0 Å². The zero-order chi connectivity index (χ0) is 19.7. The number of Topliss-reactive ketones (excluding diaryl/α,β-unsaturated/α-hetero) is 1. The van der Waals surface area contributed by atoms with E-state index in [-0.39, 0.29) is 29.1 Å². The van der Waals surface area contributed by atoms with E-state index < -0.39 is 0 Å². The standard InChI is InChI=1S/C21H16NO6/c1-13-2-7-17(27-13)11-20-21(23)18-9-8-16(10-19(18)28-20)26-12-14-3-5-15(6-4-14)22(24)25/h2-11,24H,12H2,1H3/q-1. The maximum absolute atomic E-state index is 12.5. The molecule has 0 aliphatic carbocycles. The second-order valence-electron chi connectivity index (χ2n) is 6.27. The molecule has 0 amide bonds. The highest BCUT2D eigenvalue weighted by Gasteiger charge is 2.28. The zero-order valence-electron chi connectivity index (χ0n) is 14.9. The van der Waals surface area contributed by atoms with E-state index in [2.05, 4.69) is 0 Å². The van der Waals surface area contributed by atoms with E-state index in [1.165, 1.54) is 12.1 Å². The fourth-order valence-electron chi connectivity index (χ4n) is 2.80. The lowest BCUT2D eigenvalue weighted by Crippen LogP contribution is -2.06. The Morgan fingerprint density at radius 3 is 2.61 bits per heavy atom. The molecule has 7 nitrogen and oxygen atoms in total. The summed E-state index contributed by atoms with van der Waals surface area (Å²) in [5.74, 6) is 2.25. The molecule has 2 heterocycles. The van der Waals surface area contributed by atoms with Crippen LogP contribution in [-0.2, 0) is 6.61 Å². The number of furan rings is 1. The van der Waals surface area contributed by atoms with Crippen molar-refractivity contribution < 1.29 is 23.9 Å². The summed E-state index contributed by atoms with van der Waals surface area (Å²) in [5.41, 5.74) is 1.42. The molecule has 4 rings (SSSR count). The average molecular weight is 378 g/mol. The van der Waals surface area contributed by atoms with Crippen LogP contribution in [0.3, 0.4) is 0 Å². The lowest BCUT2D eigenvalue weighted by atomic mass is 10.1. The van der Waals surface area contributed by atoms with Gasteiger partial charge in [0.25, 0.3) is 0 Å². The van der Waals surface area contributed by atoms with Gasteiger partial charge in [-0.1, -0.05) is 12.1 Å². The Morgan fingerprint density at radius 2 is 1.93 bits per heavy atom. The number of ketones is 1. The summed E-state index contributed by atoms with van der Waals surface area (Å²) in [6.45, 7) is 2.08. The zero-order valence-corrected chi connectivity index (χ0v) is 14.9. The summed E-state index contributed by atoms with van der Waals surface area (Å²) in [7, 11) is 0. The van der Waals surface area contributed by atoms with E-state index in [0.29, 0.717) is 22.8 Å². The van der Waals surface area contributed by atoms with Gasteiger partial charge in [0.15, 0.2) is 5.76 Å². The van der Waals surface area contributed by atoms with Crippen molar-refractivity contribution in [3.63, 3.8) is 0 Å². The molecule has 1 N–H and O–H groups in total. The highest BCUT2D eigenvalue weighted by molar-refractivity contribution is 6.14. The number of hydrogen-bond acceptors (Lipinski definition) is 7. The molecular weight excluding hydrogens is 362 g/mol. The van der Waals surface area contributed by atoms with Gasteiger partial charge in [-0.15, -0.1) is 0 Å². The van der Waals surface area contributed by atoms with Crippen LogP contribution in [0.4, 0.5) is 5.69 Å². The van der Waals surface area contributed by atoms with E-state index in [4.69, 9.17) is 19.1 Å². The summed E-state index contributed by atoms with van der Waals surface area (Å²) in [6.07, 6.45) is 1.57. The number of hydrogen-bond donors (Lipinski definition) is 1. The first-order valence-corrected chi connectivity index (χ1v) is 8.52. The topological polar surface area (TPSA) is 95.2 Å². The van der Waals surface area contributed by atoms with Gasteiger partial charge in [-0.25, -0.2) is 0 Å². The van der Waals surface area contributed by atoms with Crippen molar-refractivity contribution in [1.29, 1.82) is 0 Å². The van der Waals surface area contributed by atoms with Crippen LogP contribution in [0, 0.1) is 12.1 Å². The number of aryl methyl sites for hydroxylation is 1. The van der Waals surface area contributed by atoms with Crippen molar-refractivity contribution >= 4 is 17.5 Å².